The predicted octanol–water partition coefficient (Wildman–Crippen LogP) is 3.22. The van der Waals surface area contributed by atoms with Crippen LogP contribution in [0.5, 0.6) is 0 Å². The molecule has 0 spiro atoms. The van der Waals surface area contributed by atoms with E-state index >= 15 is 0 Å². The van der Waals surface area contributed by atoms with Gasteiger partial charge in [0, 0.05) is 9.58 Å². The molecule has 0 saturated carbocycles. The molecule has 1 heterocycles. The number of hydrogen-bond acceptors (Lipinski definition) is 3. The molecule has 2 N–H and O–H groups in total. The van der Waals surface area contributed by atoms with Crippen LogP contribution >= 0.6 is 11.3 Å². The van der Waals surface area contributed by atoms with E-state index in [1.807, 2.05) is 12.1 Å². The molecule has 2 aromatic carbocycles. The van der Waals surface area contributed by atoms with Crippen molar-refractivity contribution in [1.29, 1.82) is 0 Å². The average molecular weight is 289 g/mol. The Morgan fingerprint density at radius 1 is 0.947 bits per heavy atom. The van der Waals surface area contributed by atoms with E-state index < -0.39 is 10.0 Å². The third kappa shape index (κ3) is 2.40. The fraction of sp³-hybridized carbons (Fsp3) is 0. The predicted molar refractivity (Wildman–Crippen MR) is 78.6 cm³/mol. The van der Waals surface area contributed by atoms with Crippen molar-refractivity contribution in [1.82, 2.24) is 0 Å². The minimum atomic E-state index is -3.62. The van der Waals surface area contributed by atoms with Crippen molar-refractivity contribution in [3.8, 4) is 10.4 Å². The summed E-state index contributed by atoms with van der Waals surface area (Å²) in [5.41, 5.74) is 0.994. The first kappa shape index (κ1) is 12.3. The maximum Gasteiger partial charge on any atom is 0.238 e. The van der Waals surface area contributed by atoms with E-state index in [2.05, 4.69) is 18.2 Å². The van der Waals surface area contributed by atoms with Gasteiger partial charge in [-0.3, -0.25) is 0 Å². The van der Waals surface area contributed by atoms with Gasteiger partial charge in [0.1, 0.15) is 0 Å². The lowest BCUT2D eigenvalue weighted by Gasteiger charge is -2.00. The monoisotopic (exact) mass is 289 g/mol. The fourth-order valence-electron chi connectivity index (χ4n) is 1.93. The van der Waals surface area contributed by atoms with Gasteiger partial charge in [0.15, 0.2) is 0 Å². The summed E-state index contributed by atoms with van der Waals surface area (Å²) < 4.78 is 23.6. The van der Waals surface area contributed by atoms with E-state index in [1.165, 1.54) is 22.2 Å². The highest BCUT2D eigenvalue weighted by Gasteiger charge is 2.08. The molecule has 0 aliphatic heterocycles. The number of benzene rings is 2. The van der Waals surface area contributed by atoms with Crippen LogP contribution in [-0.2, 0) is 10.0 Å². The lowest BCUT2D eigenvalue weighted by Crippen LogP contribution is -2.11. The highest BCUT2D eigenvalue weighted by atomic mass is 32.2. The van der Waals surface area contributed by atoms with E-state index in [0.29, 0.717) is 0 Å². The summed E-state index contributed by atoms with van der Waals surface area (Å²) in [6.45, 7) is 0. The first-order chi connectivity index (χ1) is 9.04. The van der Waals surface area contributed by atoms with E-state index in [0.717, 1.165) is 10.4 Å². The summed E-state index contributed by atoms with van der Waals surface area (Å²) in [6.07, 6.45) is 0. The van der Waals surface area contributed by atoms with E-state index in [1.54, 1.807) is 23.5 Å². The van der Waals surface area contributed by atoms with Gasteiger partial charge in [-0.1, -0.05) is 30.3 Å². The number of fused-ring (bicyclic) bond motifs is 1. The van der Waals surface area contributed by atoms with Crippen LogP contribution in [0, 0.1) is 0 Å². The second-order valence-corrected chi connectivity index (χ2v) is 6.86. The van der Waals surface area contributed by atoms with Crippen LogP contribution in [0.15, 0.2) is 59.5 Å². The zero-order valence-electron chi connectivity index (χ0n) is 9.91. The van der Waals surface area contributed by atoms with Crippen LogP contribution in [0.3, 0.4) is 0 Å². The Labute approximate surface area is 115 Å². The van der Waals surface area contributed by atoms with Crippen LogP contribution in [-0.4, -0.2) is 8.42 Å². The second kappa shape index (κ2) is 4.45. The first-order valence-electron chi connectivity index (χ1n) is 5.66. The summed E-state index contributed by atoms with van der Waals surface area (Å²) in [5, 5.41) is 6.27. The second-order valence-electron chi connectivity index (χ2n) is 4.22. The molecule has 19 heavy (non-hydrogen) atoms. The van der Waals surface area contributed by atoms with Crippen molar-refractivity contribution >= 4 is 31.4 Å². The number of hydrogen-bond donors (Lipinski definition) is 1. The molecule has 0 aliphatic rings. The lowest BCUT2D eigenvalue weighted by atomic mass is 10.1. The lowest BCUT2D eigenvalue weighted by molar-refractivity contribution is 0.598. The van der Waals surface area contributed by atoms with Crippen molar-refractivity contribution in [2.75, 3.05) is 0 Å². The minimum Gasteiger partial charge on any atom is -0.225 e. The zero-order valence-corrected chi connectivity index (χ0v) is 11.5. The van der Waals surface area contributed by atoms with Crippen molar-refractivity contribution in [2.45, 2.75) is 4.90 Å². The molecule has 0 saturated heterocycles. The Bertz CT molecular complexity index is 800. The Balaban J connectivity index is 2.07. The van der Waals surface area contributed by atoms with Crippen LogP contribution in [0.1, 0.15) is 0 Å². The summed E-state index contributed by atoms with van der Waals surface area (Å²) in [4.78, 5) is 1.25. The largest absolute Gasteiger partial charge is 0.238 e. The molecule has 3 nitrogen and oxygen atoms in total. The quantitative estimate of drug-likeness (QED) is 0.787. The van der Waals surface area contributed by atoms with Gasteiger partial charge in [-0.25, -0.2) is 13.6 Å². The normalized spacial score (nSPS) is 11.8. The minimum absolute atomic E-state index is 0.136. The number of sulfonamides is 1. The number of thiophene rings is 1. The smallest absolute Gasteiger partial charge is 0.225 e. The molecule has 0 atom stereocenters. The molecule has 3 rings (SSSR count). The molecule has 0 fully saturated rings. The van der Waals surface area contributed by atoms with Gasteiger partial charge in [-0.05, 0) is 35.2 Å². The third-order valence-corrected chi connectivity index (χ3v) is 4.99. The van der Waals surface area contributed by atoms with Gasteiger partial charge in [-0.2, -0.15) is 0 Å². The van der Waals surface area contributed by atoms with Crippen molar-refractivity contribution in [3.05, 3.63) is 54.6 Å². The molecule has 1 aromatic heterocycles. The molecular weight excluding hydrogens is 278 g/mol. The SMILES string of the molecule is NS(=O)(=O)c1ccc(-c2cc3ccccc3s2)cc1. The molecule has 0 bridgehead atoms. The zero-order chi connectivity index (χ0) is 13.5. The van der Waals surface area contributed by atoms with Crippen LogP contribution < -0.4 is 5.14 Å². The molecule has 5 heteroatoms. The standard InChI is InChI=1S/C14H11NO2S2/c15-19(16,17)12-7-5-10(6-8-12)14-9-11-3-1-2-4-13(11)18-14/h1-9H,(H2,15,16,17). The molecule has 0 aliphatic carbocycles. The average Bonchev–Trinajstić information content (AvgIpc) is 2.81. The summed E-state index contributed by atoms with van der Waals surface area (Å²) in [6, 6.07) is 16.9. The van der Waals surface area contributed by atoms with Gasteiger partial charge in [-0.15, -0.1) is 11.3 Å². The third-order valence-electron chi connectivity index (χ3n) is 2.89. The highest BCUT2D eigenvalue weighted by molar-refractivity contribution is 7.89. The molecule has 3 aromatic rings. The Morgan fingerprint density at radius 3 is 2.26 bits per heavy atom. The van der Waals surface area contributed by atoms with Crippen molar-refractivity contribution < 1.29 is 8.42 Å². The molecule has 0 amide bonds. The van der Waals surface area contributed by atoms with Crippen molar-refractivity contribution in [2.24, 2.45) is 5.14 Å². The molecule has 0 unspecified atom stereocenters. The Morgan fingerprint density at radius 2 is 1.63 bits per heavy atom. The van der Waals surface area contributed by atoms with Crippen LogP contribution in [0.25, 0.3) is 20.5 Å². The van der Waals surface area contributed by atoms with Gasteiger partial charge in [0.05, 0.1) is 4.90 Å². The first-order valence-corrected chi connectivity index (χ1v) is 8.02. The summed E-state index contributed by atoms with van der Waals surface area (Å²) in [5.74, 6) is 0. The van der Waals surface area contributed by atoms with Crippen LogP contribution in [0.2, 0.25) is 0 Å². The van der Waals surface area contributed by atoms with Crippen LogP contribution in [0.4, 0.5) is 0 Å². The van der Waals surface area contributed by atoms with E-state index in [9.17, 15) is 8.42 Å². The molecule has 0 radical (unpaired) electrons. The van der Waals surface area contributed by atoms with Gasteiger partial charge >= 0.3 is 0 Å². The number of rotatable bonds is 2. The van der Waals surface area contributed by atoms with Gasteiger partial charge < -0.3 is 0 Å². The Hall–Kier alpha value is -1.69. The summed E-state index contributed by atoms with van der Waals surface area (Å²) >= 11 is 1.68. The van der Waals surface area contributed by atoms with Crippen molar-refractivity contribution in [3.63, 3.8) is 0 Å². The topological polar surface area (TPSA) is 60.2 Å². The van der Waals surface area contributed by atoms with Gasteiger partial charge in [0.2, 0.25) is 10.0 Å². The van der Waals surface area contributed by atoms with E-state index in [-0.39, 0.29) is 4.90 Å². The highest BCUT2D eigenvalue weighted by Crippen LogP contribution is 2.33. The van der Waals surface area contributed by atoms with E-state index in [4.69, 9.17) is 5.14 Å². The number of nitrogens with two attached hydrogens (primary N) is 1. The molecule has 96 valence electrons. The Kier molecular flexibility index (Phi) is 2.89. The molecular formula is C14H11NO2S2. The maximum atomic E-state index is 11.2. The van der Waals surface area contributed by atoms with Gasteiger partial charge in [0.25, 0.3) is 0 Å². The maximum absolute atomic E-state index is 11.2. The number of primary sulfonamides is 1. The fourth-order valence-corrected chi connectivity index (χ4v) is 3.52. The summed E-state index contributed by atoms with van der Waals surface area (Å²) in [7, 11) is -3.62.